The molecule has 1 atom stereocenters. The predicted octanol–water partition coefficient (Wildman–Crippen LogP) is 2.80. The monoisotopic (exact) mass is 455 g/mol. The molecule has 33 heavy (non-hydrogen) atoms. The quantitative estimate of drug-likeness (QED) is 0.652. The lowest BCUT2D eigenvalue weighted by Gasteiger charge is -2.20. The molecule has 0 aromatic heterocycles. The van der Waals surface area contributed by atoms with Crippen LogP contribution in [0.5, 0.6) is 0 Å². The normalized spacial score (nSPS) is 15.8. The van der Waals surface area contributed by atoms with Gasteiger partial charge in [0.05, 0.1) is 12.5 Å². The molecule has 2 N–H and O–H groups in total. The Kier molecular flexibility index (Phi) is 7.10. The first-order valence-electron chi connectivity index (χ1n) is 10.5. The van der Waals surface area contributed by atoms with Gasteiger partial charge in [0, 0.05) is 17.7 Å². The lowest BCUT2D eigenvalue weighted by Crippen LogP contribution is -2.43. The molecule has 1 aliphatic rings. The number of hydrogen-bond donors (Lipinski definition) is 2. The fourth-order valence-corrected chi connectivity index (χ4v) is 3.27. The summed E-state index contributed by atoms with van der Waals surface area (Å²) in [5.41, 5.74) is 4.28. The number of benzene rings is 2. The van der Waals surface area contributed by atoms with Crippen LogP contribution in [-0.2, 0) is 24.5 Å². The highest BCUT2D eigenvalue weighted by atomic mass is 19.1. The van der Waals surface area contributed by atoms with E-state index in [9.17, 15) is 23.6 Å². The molecule has 1 aliphatic heterocycles. The van der Waals surface area contributed by atoms with E-state index in [0.717, 1.165) is 10.6 Å². The standard InChI is InChI=1S/C24H26FN3O5/c1-24(2,3)17-6-4-15(5-7-17)22(31)27-28-13-16(12-21(28)30)23(32)33-14-20(29)26-19-10-8-18(25)9-11-19/h4-11,16H,12-14H2,1-3H3,(H,26,29)(H,27,31)/t16-/m0/s1. The number of nitrogens with zero attached hydrogens (tertiary/aromatic N) is 1. The molecule has 1 heterocycles. The summed E-state index contributed by atoms with van der Waals surface area (Å²) in [5, 5.41) is 3.56. The number of halogens is 1. The zero-order chi connectivity index (χ0) is 24.2. The number of rotatable bonds is 6. The summed E-state index contributed by atoms with van der Waals surface area (Å²) >= 11 is 0. The molecule has 1 saturated heterocycles. The Bertz CT molecular complexity index is 1050. The molecule has 174 valence electrons. The molecular weight excluding hydrogens is 429 g/mol. The van der Waals surface area contributed by atoms with E-state index in [4.69, 9.17) is 4.74 Å². The van der Waals surface area contributed by atoms with E-state index < -0.39 is 42.0 Å². The summed E-state index contributed by atoms with van der Waals surface area (Å²) in [7, 11) is 0. The van der Waals surface area contributed by atoms with Crippen molar-refractivity contribution in [1.29, 1.82) is 0 Å². The maximum absolute atomic E-state index is 12.9. The van der Waals surface area contributed by atoms with Gasteiger partial charge in [-0.3, -0.25) is 29.6 Å². The minimum Gasteiger partial charge on any atom is -0.455 e. The molecule has 3 amide bonds. The smallest absolute Gasteiger partial charge is 0.311 e. The van der Waals surface area contributed by atoms with Crippen LogP contribution in [0.25, 0.3) is 0 Å². The SMILES string of the molecule is CC(C)(C)c1ccc(C(=O)NN2C[C@@H](C(=O)OCC(=O)Nc3ccc(F)cc3)CC2=O)cc1. The number of carbonyl (C=O) groups is 4. The van der Waals surface area contributed by atoms with Gasteiger partial charge in [-0.2, -0.15) is 0 Å². The first kappa shape index (κ1) is 23.9. The Morgan fingerprint density at radius 3 is 2.30 bits per heavy atom. The number of esters is 1. The summed E-state index contributed by atoms with van der Waals surface area (Å²) in [6.45, 7) is 5.60. The molecule has 0 unspecified atom stereocenters. The molecule has 0 radical (unpaired) electrons. The topological polar surface area (TPSA) is 105 Å². The third kappa shape index (κ3) is 6.38. The van der Waals surface area contributed by atoms with E-state index in [2.05, 4.69) is 31.5 Å². The van der Waals surface area contributed by atoms with E-state index in [0.29, 0.717) is 11.3 Å². The number of nitrogens with one attached hydrogen (secondary N) is 2. The maximum atomic E-state index is 12.9. The zero-order valence-electron chi connectivity index (χ0n) is 18.7. The zero-order valence-corrected chi connectivity index (χ0v) is 18.7. The summed E-state index contributed by atoms with van der Waals surface area (Å²) in [4.78, 5) is 48.9. The highest BCUT2D eigenvalue weighted by Gasteiger charge is 2.36. The Balaban J connectivity index is 1.48. The largest absolute Gasteiger partial charge is 0.455 e. The van der Waals surface area contributed by atoms with Crippen molar-refractivity contribution in [3.8, 4) is 0 Å². The van der Waals surface area contributed by atoms with Crippen LogP contribution >= 0.6 is 0 Å². The van der Waals surface area contributed by atoms with Crippen molar-refractivity contribution in [2.75, 3.05) is 18.5 Å². The van der Waals surface area contributed by atoms with Crippen molar-refractivity contribution >= 4 is 29.4 Å². The van der Waals surface area contributed by atoms with E-state index in [1.807, 2.05) is 12.1 Å². The van der Waals surface area contributed by atoms with E-state index in [1.54, 1.807) is 12.1 Å². The molecule has 0 saturated carbocycles. The first-order chi connectivity index (χ1) is 15.5. The molecule has 0 spiro atoms. The number of hydrogen-bond acceptors (Lipinski definition) is 5. The van der Waals surface area contributed by atoms with Crippen LogP contribution < -0.4 is 10.7 Å². The Morgan fingerprint density at radius 2 is 1.70 bits per heavy atom. The fraction of sp³-hybridized carbons (Fsp3) is 0.333. The highest BCUT2D eigenvalue weighted by Crippen LogP contribution is 2.22. The molecule has 2 aromatic carbocycles. The van der Waals surface area contributed by atoms with Gasteiger partial charge in [0.2, 0.25) is 5.91 Å². The Labute approximate surface area is 191 Å². The number of anilines is 1. The number of ether oxygens (including phenoxy) is 1. The average Bonchev–Trinajstić information content (AvgIpc) is 3.13. The van der Waals surface area contributed by atoms with Crippen LogP contribution in [0.15, 0.2) is 48.5 Å². The third-order valence-corrected chi connectivity index (χ3v) is 5.18. The predicted molar refractivity (Wildman–Crippen MR) is 118 cm³/mol. The minimum absolute atomic E-state index is 0.0522. The van der Waals surface area contributed by atoms with Gasteiger partial charge >= 0.3 is 5.97 Å². The van der Waals surface area contributed by atoms with Gasteiger partial charge in [-0.25, -0.2) is 4.39 Å². The number of amides is 3. The van der Waals surface area contributed by atoms with E-state index in [-0.39, 0.29) is 18.4 Å². The van der Waals surface area contributed by atoms with Crippen molar-refractivity contribution in [3.05, 3.63) is 65.5 Å². The molecule has 0 aliphatic carbocycles. The van der Waals surface area contributed by atoms with Gasteiger partial charge in [-0.05, 0) is 47.4 Å². The fourth-order valence-electron chi connectivity index (χ4n) is 3.27. The van der Waals surface area contributed by atoms with Gasteiger partial charge < -0.3 is 10.1 Å². The van der Waals surface area contributed by atoms with Gasteiger partial charge in [0.1, 0.15) is 5.82 Å². The van der Waals surface area contributed by atoms with Crippen molar-refractivity contribution in [2.45, 2.75) is 32.6 Å². The first-order valence-corrected chi connectivity index (χ1v) is 10.5. The Morgan fingerprint density at radius 1 is 1.06 bits per heavy atom. The third-order valence-electron chi connectivity index (χ3n) is 5.18. The molecule has 1 fully saturated rings. The summed E-state index contributed by atoms with van der Waals surface area (Å²) in [6, 6.07) is 12.2. The summed E-state index contributed by atoms with van der Waals surface area (Å²) in [5.74, 6) is -3.44. The van der Waals surface area contributed by atoms with Gasteiger partial charge in [-0.1, -0.05) is 32.9 Å². The van der Waals surface area contributed by atoms with Crippen molar-refractivity contribution < 1.29 is 28.3 Å². The van der Waals surface area contributed by atoms with Gasteiger partial charge in [0.15, 0.2) is 6.61 Å². The summed E-state index contributed by atoms with van der Waals surface area (Å²) in [6.07, 6.45) is -0.137. The molecular formula is C24H26FN3O5. The lowest BCUT2D eigenvalue weighted by atomic mass is 9.87. The second-order valence-electron chi connectivity index (χ2n) is 8.84. The van der Waals surface area contributed by atoms with Crippen molar-refractivity contribution in [2.24, 2.45) is 5.92 Å². The van der Waals surface area contributed by atoms with Gasteiger partial charge in [-0.15, -0.1) is 0 Å². The molecule has 0 bridgehead atoms. The van der Waals surface area contributed by atoms with Crippen LogP contribution in [0.1, 0.15) is 43.1 Å². The van der Waals surface area contributed by atoms with Crippen LogP contribution in [0.3, 0.4) is 0 Å². The Hall–Kier alpha value is -3.75. The second-order valence-corrected chi connectivity index (χ2v) is 8.84. The number of hydrazine groups is 1. The van der Waals surface area contributed by atoms with E-state index >= 15 is 0 Å². The van der Waals surface area contributed by atoms with Gasteiger partial charge in [0.25, 0.3) is 11.8 Å². The van der Waals surface area contributed by atoms with Crippen molar-refractivity contribution in [1.82, 2.24) is 10.4 Å². The maximum Gasteiger partial charge on any atom is 0.311 e. The number of carbonyl (C=O) groups excluding carboxylic acids is 4. The van der Waals surface area contributed by atoms with Crippen molar-refractivity contribution in [3.63, 3.8) is 0 Å². The summed E-state index contributed by atoms with van der Waals surface area (Å²) < 4.78 is 17.9. The highest BCUT2D eigenvalue weighted by molar-refractivity contribution is 5.97. The second kappa shape index (κ2) is 9.81. The van der Waals surface area contributed by atoms with E-state index in [1.165, 1.54) is 24.3 Å². The minimum atomic E-state index is -0.806. The average molecular weight is 455 g/mol. The molecule has 8 nitrogen and oxygen atoms in total. The van der Waals surface area contributed by atoms with Crippen LogP contribution in [-0.4, -0.2) is 41.9 Å². The molecule has 9 heteroatoms. The molecule has 3 rings (SSSR count). The van der Waals surface area contributed by atoms with Crippen LogP contribution in [0.2, 0.25) is 0 Å². The van der Waals surface area contributed by atoms with Crippen LogP contribution in [0.4, 0.5) is 10.1 Å². The van der Waals surface area contributed by atoms with Crippen LogP contribution in [0, 0.1) is 11.7 Å². The lowest BCUT2D eigenvalue weighted by molar-refractivity contribution is -0.151. The molecule has 2 aromatic rings.